The Kier molecular flexibility index (Phi) is 5.33. The molecule has 0 atom stereocenters. The summed E-state index contributed by atoms with van der Waals surface area (Å²) >= 11 is 0. The van der Waals surface area contributed by atoms with E-state index in [0.29, 0.717) is 5.41 Å². The van der Waals surface area contributed by atoms with Gasteiger partial charge in [0.2, 0.25) is 0 Å². The van der Waals surface area contributed by atoms with E-state index >= 15 is 0 Å². The molecule has 5 aliphatic carbocycles. The lowest BCUT2D eigenvalue weighted by Gasteiger charge is -2.57. The van der Waals surface area contributed by atoms with Crippen molar-refractivity contribution in [3.8, 4) is 33.4 Å². The highest BCUT2D eigenvalue weighted by molar-refractivity contribution is 6.18. The molecule has 0 amide bonds. The van der Waals surface area contributed by atoms with Crippen LogP contribution in [-0.2, 0) is 10.8 Å². The molecule has 0 nitrogen and oxygen atoms in total. The molecule has 0 spiro atoms. The van der Waals surface area contributed by atoms with Crippen LogP contribution < -0.4 is 0 Å². The lowest BCUT2D eigenvalue weighted by atomic mass is 9.47. The van der Waals surface area contributed by atoms with Gasteiger partial charge in [-0.05, 0) is 139 Å². The third-order valence-corrected chi connectivity index (χ3v) is 12.6. The normalized spacial score (nSPS) is 25.5. The first kappa shape index (κ1) is 26.1. The van der Waals surface area contributed by atoms with Gasteiger partial charge in [0, 0.05) is 5.41 Å². The van der Waals surface area contributed by atoms with Gasteiger partial charge >= 0.3 is 0 Å². The van der Waals surface area contributed by atoms with Gasteiger partial charge in [-0.2, -0.15) is 0 Å². The smallest absolute Gasteiger partial charge is 0.0159 e. The van der Waals surface area contributed by atoms with Crippen molar-refractivity contribution in [2.75, 3.05) is 0 Å². The zero-order chi connectivity index (χ0) is 29.9. The molecule has 4 bridgehead atoms. The molecule has 0 radical (unpaired) electrons. The van der Waals surface area contributed by atoms with Crippen LogP contribution in [-0.4, -0.2) is 0 Å². The minimum absolute atomic E-state index is 0.0259. The van der Waals surface area contributed by atoms with E-state index in [1.807, 2.05) is 0 Å². The second-order valence-electron chi connectivity index (χ2n) is 15.5. The fraction of sp³-hybridized carbons (Fsp3) is 0.289. The van der Waals surface area contributed by atoms with Crippen LogP contribution >= 0.6 is 0 Å². The molecule has 0 aromatic heterocycles. The molecule has 45 heavy (non-hydrogen) atoms. The van der Waals surface area contributed by atoms with Crippen LogP contribution in [0, 0.1) is 17.8 Å². The summed E-state index contributed by atoms with van der Waals surface area (Å²) in [5.74, 6) is 2.72. The fourth-order valence-electron chi connectivity index (χ4n) is 11.2. The Hall–Kier alpha value is -4.16. The molecule has 6 aromatic rings. The molecule has 0 aliphatic heterocycles. The summed E-state index contributed by atoms with van der Waals surface area (Å²) in [7, 11) is 0. The van der Waals surface area contributed by atoms with E-state index in [-0.39, 0.29) is 5.41 Å². The Bertz CT molecular complexity index is 2130. The average molecular weight is 581 g/mol. The first-order chi connectivity index (χ1) is 22.0. The van der Waals surface area contributed by atoms with Crippen molar-refractivity contribution in [3.63, 3.8) is 0 Å². The Morgan fingerprint density at radius 1 is 0.467 bits per heavy atom. The molecular formula is C45H40. The Morgan fingerprint density at radius 2 is 1.07 bits per heavy atom. The summed E-state index contributed by atoms with van der Waals surface area (Å²) in [5.41, 5.74) is 13.1. The van der Waals surface area contributed by atoms with Crippen molar-refractivity contribution in [2.24, 2.45) is 17.8 Å². The summed E-state index contributed by atoms with van der Waals surface area (Å²) in [6.07, 6.45) is 8.53. The highest BCUT2D eigenvalue weighted by Crippen LogP contribution is 2.63. The molecule has 5 aliphatic rings. The molecule has 0 unspecified atom stereocenters. The summed E-state index contributed by atoms with van der Waals surface area (Å²) < 4.78 is 0. The van der Waals surface area contributed by atoms with E-state index < -0.39 is 0 Å². The van der Waals surface area contributed by atoms with E-state index in [9.17, 15) is 0 Å². The van der Waals surface area contributed by atoms with Crippen molar-refractivity contribution in [1.29, 1.82) is 0 Å². The number of fused-ring (bicyclic) bond motifs is 5. The SMILES string of the molecule is CC1(C)c2ccccc2-c2c(-c3c4ccccc4c(C45CC6CC(CC(C6)C4)C5)c4ccc(-c5ccccc5)cc34)cccc21. The molecule has 4 fully saturated rings. The van der Waals surface area contributed by atoms with E-state index in [1.54, 1.807) is 5.56 Å². The van der Waals surface area contributed by atoms with Gasteiger partial charge in [0.05, 0.1) is 0 Å². The molecule has 0 heterocycles. The lowest BCUT2D eigenvalue weighted by molar-refractivity contribution is -0.00382. The zero-order valence-electron chi connectivity index (χ0n) is 26.4. The summed E-state index contributed by atoms with van der Waals surface area (Å²) in [6.45, 7) is 4.81. The van der Waals surface area contributed by atoms with Gasteiger partial charge in [-0.25, -0.2) is 0 Å². The number of hydrogen-bond donors (Lipinski definition) is 0. The van der Waals surface area contributed by atoms with E-state index in [0.717, 1.165) is 17.8 Å². The number of rotatable bonds is 3. The van der Waals surface area contributed by atoms with Gasteiger partial charge in [-0.3, -0.25) is 0 Å². The van der Waals surface area contributed by atoms with Crippen LogP contribution in [0.3, 0.4) is 0 Å². The van der Waals surface area contributed by atoms with Gasteiger partial charge in [-0.1, -0.05) is 123 Å². The van der Waals surface area contributed by atoms with E-state index in [4.69, 9.17) is 0 Å². The van der Waals surface area contributed by atoms with Crippen molar-refractivity contribution < 1.29 is 0 Å². The van der Waals surface area contributed by atoms with Crippen LogP contribution in [0.25, 0.3) is 54.9 Å². The Balaban J connectivity index is 1.34. The first-order valence-electron chi connectivity index (χ1n) is 17.3. The van der Waals surface area contributed by atoms with Crippen molar-refractivity contribution in [1.82, 2.24) is 0 Å². The number of hydrogen-bond acceptors (Lipinski definition) is 0. The van der Waals surface area contributed by atoms with Gasteiger partial charge in [0.15, 0.2) is 0 Å². The predicted octanol–water partition coefficient (Wildman–Crippen LogP) is 12.1. The standard InChI is InChI=1S/C45H40/c1-44(2)39-17-9-8-15-36(39)42-37(16-10-18-40(42)44)41-33-13-6-7-14-34(33)43(45-25-28-21-29(26-45)23-30(22-28)27-45)35-20-19-32(24-38(35)41)31-11-4-3-5-12-31/h3-20,24,28-30H,21-23,25-27H2,1-2H3. The lowest BCUT2D eigenvalue weighted by Crippen LogP contribution is -2.48. The van der Waals surface area contributed by atoms with Crippen LogP contribution in [0.15, 0.2) is 115 Å². The highest BCUT2D eigenvalue weighted by atomic mass is 14.6. The summed E-state index contributed by atoms with van der Waals surface area (Å²) in [6, 6.07) is 44.2. The largest absolute Gasteiger partial charge is 0.0622 e. The van der Waals surface area contributed by atoms with Crippen LogP contribution in [0.1, 0.15) is 69.1 Å². The third kappa shape index (κ3) is 3.60. The summed E-state index contributed by atoms with van der Waals surface area (Å²) in [5, 5.41) is 5.85. The Morgan fingerprint density at radius 3 is 1.82 bits per heavy atom. The molecule has 0 saturated heterocycles. The maximum Gasteiger partial charge on any atom is 0.0159 e. The number of benzene rings is 6. The molecule has 4 saturated carbocycles. The molecule has 0 heteroatoms. The topological polar surface area (TPSA) is 0 Å². The second-order valence-corrected chi connectivity index (χ2v) is 15.5. The van der Waals surface area contributed by atoms with Crippen LogP contribution in [0.4, 0.5) is 0 Å². The minimum atomic E-state index is -0.0259. The van der Waals surface area contributed by atoms with Crippen LogP contribution in [0.5, 0.6) is 0 Å². The maximum atomic E-state index is 2.54. The van der Waals surface area contributed by atoms with Gasteiger partial charge in [-0.15, -0.1) is 0 Å². The monoisotopic (exact) mass is 580 g/mol. The Labute approximate surface area is 267 Å². The summed E-state index contributed by atoms with van der Waals surface area (Å²) in [4.78, 5) is 0. The maximum absolute atomic E-state index is 2.54. The zero-order valence-corrected chi connectivity index (χ0v) is 26.4. The quantitative estimate of drug-likeness (QED) is 0.183. The third-order valence-electron chi connectivity index (χ3n) is 12.6. The predicted molar refractivity (Wildman–Crippen MR) is 190 cm³/mol. The molecule has 0 N–H and O–H groups in total. The minimum Gasteiger partial charge on any atom is -0.0622 e. The molecule has 11 rings (SSSR count). The average Bonchev–Trinajstić information content (AvgIpc) is 3.29. The highest BCUT2D eigenvalue weighted by Gasteiger charge is 2.52. The van der Waals surface area contributed by atoms with Gasteiger partial charge in [0.1, 0.15) is 0 Å². The second kappa shape index (κ2) is 9.20. The fourth-order valence-corrected chi connectivity index (χ4v) is 11.2. The molecular weight excluding hydrogens is 540 g/mol. The van der Waals surface area contributed by atoms with Crippen molar-refractivity contribution in [2.45, 2.75) is 63.2 Å². The first-order valence-corrected chi connectivity index (χ1v) is 17.3. The van der Waals surface area contributed by atoms with Gasteiger partial charge in [0.25, 0.3) is 0 Å². The van der Waals surface area contributed by atoms with Crippen molar-refractivity contribution >= 4 is 21.5 Å². The van der Waals surface area contributed by atoms with E-state index in [2.05, 4.69) is 129 Å². The van der Waals surface area contributed by atoms with E-state index in [1.165, 1.54) is 105 Å². The van der Waals surface area contributed by atoms with Crippen LogP contribution in [0.2, 0.25) is 0 Å². The molecule has 6 aromatic carbocycles. The van der Waals surface area contributed by atoms with Crippen molar-refractivity contribution in [3.05, 3.63) is 132 Å². The molecule has 220 valence electrons. The van der Waals surface area contributed by atoms with Gasteiger partial charge < -0.3 is 0 Å².